The van der Waals surface area contributed by atoms with Crippen molar-refractivity contribution in [2.75, 3.05) is 7.11 Å². The minimum Gasteiger partial charge on any atom is -0.496 e. The summed E-state index contributed by atoms with van der Waals surface area (Å²) in [6, 6.07) is 15.3. The highest BCUT2D eigenvalue weighted by Gasteiger charge is 2.16. The van der Waals surface area contributed by atoms with Gasteiger partial charge in [0.1, 0.15) is 17.0 Å². The number of esters is 1. The number of para-hydroxylation sites is 1. The Kier molecular flexibility index (Phi) is 4.87. The lowest BCUT2D eigenvalue weighted by Crippen LogP contribution is -2.10. The van der Waals surface area contributed by atoms with Crippen LogP contribution in [-0.4, -0.2) is 18.2 Å². The molecule has 0 saturated carbocycles. The highest BCUT2D eigenvalue weighted by molar-refractivity contribution is 5.89. The number of carbonyl (C=O) groups excluding carboxylic acids is 1. The first-order valence-corrected chi connectivity index (χ1v) is 8.86. The van der Waals surface area contributed by atoms with E-state index in [0.29, 0.717) is 28.2 Å². The maximum absolute atomic E-state index is 12.3. The summed E-state index contributed by atoms with van der Waals surface area (Å²) in [4.78, 5) is 24.6. The molecule has 0 bridgehead atoms. The number of rotatable bonds is 5. The number of ether oxygens (including phenoxy) is 2. The maximum Gasteiger partial charge on any atom is 0.374 e. The summed E-state index contributed by atoms with van der Waals surface area (Å²) < 4.78 is 21.3. The Morgan fingerprint density at radius 1 is 1.10 bits per heavy atom. The van der Waals surface area contributed by atoms with Gasteiger partial charge in [0.2, 0.25) is 5.76 Å². The summed E-state index contributed by atoms with van der Waals surface area (Å²) in [6.45, 7) is 1.72. The van der Waals surface area contributed by atoms with Gasteiger partial charge in [-0.25, -0.2) is 4.79 Å². The number of nitrogens with zero attached hydrogens (tertiary/aromatic N) is 1. The third kappa shape index (κ3) is 3.75. The van der Waals surface area contributed by atoms with E-state index < -0.39 is 5.97 Å². The first-order valence-electron chi connectivity index (χ1n) is 8.86. The third-order valence-electron chi connectivity index (χ3n) is 4.37. The van der Waals surface area contributed by atoms with Crippen molar-refractivity contribution < 1.29 is 23.2 Å². The number of benzene rings is 2. The Bertz CT molecular complexity index is 1250. The summed E-state index contributed by atoms with van der Waals surface area (Å²) in [5, 5.41) is 4.40. The van der Waals surface area contributed by atoms with Crippen LogP contribution in [-0.2, 0) is 11.3 Å². The van der Waals surface area contributed by atoms with Crippen molar-refractivity contribution in [1.82, 2.24) is 5.16 Å². The standard InChI is InChI=1S/C22H17NO6/c1-13-7-8-20-16(9-13)18(24)11-21(28-20)22(25)27-12-14-10-17(23-29-14)15-5-3-4-6-19(15)26-2/h3-11H,12H2,1-2H3. The zero-order valence-corrected chi connectivity index (χ0v) is 15.8. The Morgan fingerprint density at radius 3 is 2.76 bits per heavy atom. The van der Waals surface area contributed by atoms with E-state index in [1.54, 1.807) is 31.4 Å². The molecule has 0 aliphatic carbocycles. The van der Waals surface area contributed by atoms with Crippen LogP contribution in [0.15, 0.2) is 68.3 Å². The van der Waals surface area contributed by atoms with Crippen LogP contribution in [0.5, 0.6) is 5.75 Å². The molecule has 2 aromatic heterocycles. The Morgan fingerprint density at radius 2 is 1.93 bits per heavy atom. The number of hydrogen-bond donors (Lipinski definition) is 0. The van der Waals surface area contributed by atoms with Gasteiger partial charge in [0, 0.05) is 17.7 Å². The van der Waals surface area contributed by atoms with E-state index in [9.17, 15) is 9.59 Å². The van der Waals surface area contributed by atoms with E-state index in [2.05, 4.69) is 5.16 Å². The minimum absolute atomic E-state index is 0.156. The molecule has 0 amide bonds. The van der Waals surface area contributed by atoms with E-state index in [1.165, 1.54) is 0 Å². The van der Waals surface area contributed by atoms with Crippen molar-refractivity contribution >= 4 is 16.9 Å². The van der Waals surface area contributed by atoms with Gasteiger partial charge in [0.15, 0.2) is 17.8 Å². The van der Waals surface area contributed by atoms with Crippen LogP contribution in [0.2, 0.25) is 0 Å². The van der Waals surface area contributed by atoms with Crippen molar-refractivity contribution in [3.8, 4) is 17.0 Å². The van der Waals surface area contributed by atoms with Gasteiger partial charge in [-0.2, -0.15) is 0 Å². The molecular weight excluding hydrogens is 374 g/mol. The highest BCUT2D eigenvalue weighted by Crippen LogP contribution is 2.29. The summed E-state index contributed by atoms with van der Waals surface area (Å²) in [5.74, 6) is 0.0613. The fourth-order valence-corrected chi connectivity index (χ4v) is 2.94. The zero-order valence-electron chi connectivity index (χ0n) is 15.8. The van der Waals surface area contributed by atoms with Gasteiger partial charge in [-0.1, -0.05) is 28.9 Å². The molecule has 0 saturated heterocycles. The quantitative estimate of drug-likeness (QED) is 0.473. The van der Waals surface area contributed by atoms with E-state index >= 15 is 0 Å². The normalized spacial score (nSPS) is 10.8. The molecule has 0 atom stereocenters. The van der Waals surface area contributed by atoms with Crippen molar-refractivity contribution in [3.05, 3.63) is 81.9 Å². The molecule has 146 valence electrons. The Balaban J connectivity index is 1.51. The second-order valence-corrected chi connectivity index (χ2v) is 6.43. The summed E-state index contributed by atoms with van der Waals surface area (Å²) in [7, 11) is 1.57. The minimum atomic E-state index is -0.764. The molecule has 7 heteroatoms. The van der Waals surface area contributed by atoms with Crippen LogP contribution >= 0.6 is 0 Å². The van der Waals surface area contributed by atoms with Crippen LogP contribution in [0.25, 0.3) is 22.2 Å². The van der Waals surface area contributed by atoms with Crippen molar-refractivity contribution in [1.29, 1.82) is 0 Å². The molecule has 0 aliphatic rings. The molecule has 4 aromatic rings. The van der Waals surface area contributed by atoms with Crippen LogP contribution in [0, 0.1) is 6.92 Å². The third-order valence-corrected chi connectivity index (χ3v) is 4.37. The number of methoxy groups -OCH3 is 1. The van der Waals surface area contributed by atoms with Crippen molar-refractivity contribution in [2.24, 2.45) is 0 Å². The summed E-state index contributed by atoms with van der Waals surface area (Å²) >= 11 is 0. The van der Waals surface area contributed by atoms with Gasteiger partial charge < -0.3 is 18.4 Å². The average molecular weight is 391 g/mol. The van der Waals surface area contributed by atoms with Gasteiger partial charge in [-0.05, 0) is 31.2 Å². The van der Waals surface area contributed by atoms with E-state index in [4.69, 9.17) is 18.4 Å². The molecule has 2 aromatic carbocycles. The molecule has 0 fully saturated rings. The molecule has 0 radical (unpaired) electrons. The van der Waals surface area contributed by atoms with Crippen molar-refractivity contribution in [3.63, 3.8) is 0 Å². The Labute approximate surface area is 165 Å². The number of aryl methyl sites for hydroxylation is 1. The van der Waals surface area contributed by atoms with Gasteiger partial charge in [-0.3, -0.25) is 4.79 Å². The van der Waals surface area contributed by atoms with Gasteiger partial charge in [0.05, 0.1) is 12.5 Å². The zero-order chi connectivity index (χ0) is 20.4. The largest absolute Gasteiger partial charge is 0.496 e. The molecule has 7 nitrogen and oxygen atoms in total. The van der Waals surface area contributed by atoms with E-state index in [1.807, 2.05) is 31.2 Å². The van der Waals surface area contributed by atoms with Crippen molar-refractivity contribution in [2.45, 2.75) is 13.5 Å². The molecule has 4 rings (SSSR count). The van der Waals surface area contributed by atoms with Gasteiger partial charge in [-0.15, -0.1) is 0 Å². The second-order valence-electron chi connectivity index (χ2n) is 6.43. The number of carbonyl (C=O) groups is 1. The second kappa shape index (κ2) is 7.63. The molecular formula is C22H17NO6. The maximum atomic E-state index is 12.3. The topological polar surface area (TPSA) is 91.8 Å². The molecule has 29 heavy (non-hydrogen) atoms. The highest BCUT2D eigenvalue weighted by atomic mass is 16.6. The van der Waals surface area contributed by atoms with Crippen LogP contribution in [0.3, 0.4) is 0 Å². The summed E-state index contributed by atoms with van der Waals surface area (Å²) in [5.41, 5.74) is 2.26. The predicted octanol–water partition coefficient (Wildman–Crippen LogP) is 4.12. The SMILES string of the molecule is COc1ccccc1-c1cc(COC(=O)c2cc(=O)c3cc(C)ccc3o2)on1. The fourth-order valence-electron chi connectivity index (χ4n) is 2.94. The fraction of sp³-hybridized carbons (Fsp3) is 0.136. The van der Waals surface area contributed by atoms with Crippen LogP contribution < -0.4 is 10.2 Å². The Hall–Kier alpha value is -3.87. The molecule has 0 unspecified atom stereocenters. The molecule has 2 heterocycles. The number of aromatic nitrogens is 1. The number of hydrogen-bond acceptors (Lipinski definition) is 7. The lowest BCUT2D eigenvalue weighted by atomic mass is 10.1. The monoisotopic (exact) mass is 391 g/mol. The van der Waals surface area contributed by atoms with Gasteiger partial charge >= 0.3 is 5.97 Å². The van der Waals surface area contributed by atoms with Crippen LogP contribution in [0.4, 0.5) is 0 Å². The first kappa shape index (κ1) is 18.5. The average Bonchev–Trinajstić information content (AvgIpc) is 3.21. The van der Waals surface area contributed by atoms with Gasteiger partial charge in [0.25, 0.3) is 0 Å². The predicted molar refractivity (Wildman–Crippen MR) is 105 cm³/mol. The molecule has 0 aliphatic heterocycles. The first-order chi connectivity index (χ1) is 14.0. The van der Waals surface area contributed by atoms with Crippen LogP contribution in [0.1, 0.15) is 21.9 Å². The lowest BCUT2D eigenvalue weighted by Gasteiger charge is -2.04. The van der Waals surface area contributed by atoms with E-state index in [0.717, 1.165) is 17.2 Å². The smallest absolute Gasteiger partial charge is 0.374 e. The number of fused-ring (bicyclic) bond motifs is 1. The molecule has 0 spiro atoms. The van der Waals surface area contributed by atoms with E-state index in [-0.39, 0.29) is 17.8 Å². The lowest BCUT2D eigenvalue weighted by molar-refractivity contribution is 0.0402. The summed E-state index contributed by atoms with van der Waals surface area (Å²) in [6.07, 6.45) is 0. The molecule has 0 N–H and O–H groups in total.